The number of aromatic carboxylic acids is 1. The summed E-state index contributed by atoms with van der Waals surface area (Å²) in [4.78, 5) is 39.3. The first-order valence-corrected chi connectivity index (χ1v) is 11.0. The summed E-state index contributed by atoms with van der Waals surface area (Å²) in [7, 11) is 0. The molecule has 2 aliphatic rings. The molecule has 0 spiro atoms. The quantitative estimate of drug-likeness (QED) is 0.470. The number of carbonyl (C=O) groups is 3. The minimum absolute atomic E-state index is 0.00847. The van der Waals surface area contributed by atoms with Gasteiger partial charge in [0.25, 0.3) is 0 Å². The number of oxazole rings is 1. The monoisotopic (exact) mass is 461 g/mol. The standard InChI is InChI=1S/C25H23N3O6/c29-23(26-11-21-22(24(30)31)28-13-34-21)19-9-14(19)10-27-25(32)33-12-20-17-7-3-1-5-15(17)16-6-2-4-8-18(16)20/h1-8,13-14,19-20H,9-12H2,(H,26,29)(H,27,32)(H,30,31). The summed E-state index contributed by atoms with van der Waals surface area (Å²) in [5, 5.41) is 14.4. The topological polar surface area (TPSA) is 131 Å². The summed E-state index contributed by atoms with van der Waals surface area (Å²) in [6, 6.07) is 16.3. The third kappa shape index (κ3) is 4.24. The highest BCUT2D eigenvalue weighted by atomic mass is 16.5. The molecule has 1 fully saturated rings. The first-order chi connectivity index (χ1) is 16.5. The van der Waals surface area contributed by atoms with Gasteiger partial charge in [-0.25, -0.2) is 14.6 Å². The van der Waals surface area contributed by atoms with Crippen LogP contribution in [0, 0.1) is 11.8 Å². The lowest BCUT2D eigenvalue weighted by Gasteiger charge is -2.14. The van der Waals surface area contributed by atoms with Crippen LogP contribution in [-0.4, -0.2) is 41.2 Å². The molecule has 0 aliphatic heterocycles. The van der Waals surface area contributed by atoms with Gasteiger partial charge in [0, 0.05) is 18.4 Å². The minimum Gasteiger partial charge on any atom is -0.476 e. The molecule has 2 aliphatic carbocycles. The Morgan fingerprint density at radius 1 is 1.03 bits per heavy atom. The van der Waals surface area contributed by atoms with Crippen LogP contribution in [0.3, 0.4) is 0 Å². The number of hydrogen-bond donors (Lipinski definition) is 3. The fourth-order valence-corrected chi connectivity index (χ4v) is 4.53. The molecule has 0 saturated heterocycles. The van der Waals surface area contributed by atoms with Gasteiger partial charge in [-0.15, -0.1) is 0 Å². The van der Waals surface area contributed by atoms with Gasteiger partial charge >= 0.3 is 12.1 Å². The third-order valence-electron chi connectivity index (χ3n) is 6.38. The predicted octanol–water partition coefficient (Wildman–Crippen LogP) is 3.16. The van der Waals surface area contributed by atoms with E-state index in [0.717, 1.165) is 17.5 Å². The van der Waals surface area contributed by atoms with Gasteiger partial charge in [0.1, 0.15) is 6.61 Å². The average molecular weight is 461 g/mol. The maximum absolute atomic E-state index is 12.3. The predicted molar refractivity (Wildman–Crippen MR) is 120 cm³/mol. The van der Waals surface area contributed by atoms with Gasteiger partial charge in [-0.1, -0.05) is 48.5 Å². The number of rotatable bonds is 8. The molecule has 34 heavy (non-hydrogen) atoms. The maximum atomic E-state index is 12.3. The lowest BCUT2D eigenvalue weighted by molar-refractivity contribution is -0.122. The molecule has 1 saturated carbocycles. The minimum atomic E-state index is -1.21. The second kappa shape index (κ2) is 9.01. The van der Waals surface area contributed by atoms with Crippen molar-refractivity contribution in [3.63, 3.8) is 0 Å². The number of benzene rings is 2. The number of amides is 2. The van der Waals surface area contributed by atoms with E-state index >= 15 is 0 Å². The maximum Gasteiger partial charge on any atom is 0.407 e. The van der Waals surface area contributed by atoms with Crippen molar-refractivity contribution in [2.45, 2.75) is 18.9 Å². The molecule has 0 bridgehead atoms. The Kier molecular flexibility index (Phi) is 5.75. The summed E-state index contributed by atoms with van der Waals surface area (Å²) < 4.78 is 10.5. The summed E-state index contributed by atoms with van der Waals surface area (Å²) in [5.41, 5.74) is 4.41. The normalized spacial score (nSPS) is 18.0. The van der Waals surface area contributed by atoms with E-state index in [1.54, 1.807) is 0 Å². The zero-order valence-corrected chi connectivity index (χ0v) is 18.2. The Bertz CT molecular complexity index is 1210. The van der Waals surface area contributed by atoms with Crippen LogP contribution in [0.2, 0.25) is 0 Å². The number of fused-ring (bicyclic) bond motifs is 3. The molecule has 2 amide bonds. The number of hydrogen-bond acceptors (Lipinski definition) is 6. The first-order valence-electron chi connectivity index (χ1n) is 11.0. The van der Waals surface area contributed by atoms with Gasteiger partial charge in [-0.05, 0) is 34.6 Å². The van der Waals surface area contributed by atoms with Crippen molar-refractivity contribution in [3.05, 3.63) is 77.5 Å². The van der Waals surface area contributed by atoms with E-state index in [-0.39, 0.29) is 48.3 Å². The Morgan fingerprint density at radius 3 is 2.38 bits per heavy atom. The molecule has 2 atom stereocenters. The van der Waals surface area contributed by atoms with Crippen molar-refractivity contribution in [1.82, 2.24) is 15.6 Å². The van der Waals surface area contributed by atoms with E-state index in [0.29, 0.717) is 13.0 Å². The van der Waals surface area contributed by atoms with Crippen LogP contribution >= 0.6 is 0 Å². The van der Waals surface area contributed by atoms with Gasteiger partial charge in [-0.3, -0.25) is 4.79 Å². The van der Waals surface area contributed by atoms with Crippen LogP contribution in [-0.2, 0) is 16.1 Å². The average Bonchev–Trinajstić information content (AvgIpc) is 3.34. The number of carboxylic acids is 1. The first kappa shape index (κ1) is 21.7. The Hall–Kier alpha value is -4.14. The molecule has 1 aromatic heterocycles. The zero-order chi connectivity index (χ0) is 23.7. The highest BCUT2D eigenvalue weighted by Crippen LogP contribution is 2.44. The molecule has 2 aromatic carbocycles. The molecule has 1 heterocycles. The van der Waals surface area contributed by atoms with Crippen molar-refractivity contribution in [2.75, 3.05) is 13.2 Å². The highest BCUT2D eigenvalue weighted by Gasteiger charge is 2.43. The van der Waals surface area contributed by atoms with Crippen molar-refractivity contribution in [1.29, 1.82) is 0 Å². The van der Waals surface area contributed by atoms with Crippen LogP contribution in [0.5, 0.6) is 0 Å². The summed E-state index contributed by atoms with van der Waals surface area (Å²) in [5.74, 6) is -1.58. The van der Waals surface area contributed by atoms with Gasteiger partial charge < -0.3 is 24.9 Å². The molecule has 9 nitrogen and oxygen atoms in total. The van der Waals surface area contributed by atoms with Crippen LogP contribution in [0.15, 0.2) is 59.3 Å². The van der Waals surface area contributed by atoms with Crippen molar-refractivity contribution in [2.24, 2.45) is 11.8 Å². The molecule has 3 N–H and O–H groups in total. The van der Waals surface area contributed by atoms with Gasteiger partial charge in [0.05, 0.1) is 6.54 Å². The van der Waals surface area contributed by atoms with Crippen LogP contribution in [0.4, 0.5) is 4.79 Å². The Labute approximate surface area is 195 Å². The zero-order valence-electron chi connectivity index (χ0n) is 18.2. The largest absolute Gasteiger partial charge is 0.476 e. The van der Waals surface area contributed by atoms with Gasteiger partial charge in [0.15, 0.2) is 17.8 Å². The van der Waals surface area contributed by atoms with Crippen LogP contribution in [0.25, 0.3) is 11.1 Å². The second-order valence-corrected chi connectivity index (χ2v) is 8.46. The number of carboxylic acid groups (broad SMARTS) is 1. The molecular formula is C25H23N3O6. The fraction of sp³-hybridized carbons (Fsp3) is 0.280. The summed E-state index contributed by atoms with van der Waals surface area (Å²) in [6.45, 7) is 0.512. The molecular weight excluding hydrogens is 438 g/mol. The number of nitrogens with one attached hydrogen (secondary N) is 2. The Balaban J connectivity index is 1.08. The molecule has 174 valence electrons. The van der Waals surface area contributed by atoms with Gasteiger partial charge in [0.2, 0.25) is 5.91 Å². The van der Waals surface area contributed by atoms with E-state index in [1.165, 1.54) is 11.1 Å². The number of ether oxygens (including phenoxy) is 1. The molecule has 0 radical (unpaired) electrons. The van der Waals surface area contributed by atoms with E-state index in [1.807, 2.05) is 24.3 Å². The number of nitrogens with zero attached hydrogens (tertiary/aromatic N) is 1. The number of carbonyl (C=O) groups excluding carboxylic acids is 2. The second-order valence-electron chi connectivity index (χ2n) is 8.46. The smallest absolute Gasteiger partial charge is 0.407 e. The lowest BCUT2D eigenvalue weighted by atomic mass is 9.98. The molecule has 9 heteroatoms. The Morgan fingerprint density at radius 2 is 1.71 bits per heavy atom. The van der Waals surface area contributed by atoms with E-state index < -0.39 is 12.1 Å². The van der Waals surface area contributed by atoms with Crippen LogP contribution < -0.4 is 10.6 Å². The van der Waals surface area contributed by atoms with E-state index in [9.17, 15) is 14.4 Å². The number of alkyl carbamates (subject to hydrolysis) is 1. The summed E-state index contributed by atoms with van der Waals surface area (Å²) >= 11 is 0. The SMILES string of the molecule is O=C(NCC1CC1C(=O)NCc1ocnc1C(=O)O)OCC1c2ccccc2-c2ccccc21. The van der Waals surface area contributed by atoms with Crippen LogP contribution in [0.1, 0.15) is 39.7 Å². The van der Waals surface area contributed by atoms with Crippen molar-refractivity contribution < 1.29 is 28.6 Å². The summed E-state index contributed by atoms with van der Waals surface area (Å²) in [6.07, 6.45) is 1.15. The molecule has 5 rings (SSSR count). The van der Waals surface area contributed by atoms with Crippen molar-refractivity contribution in [3.8, 4) is 11.1 Å². The lowest BCUT2D eigenvalue weighted by Crippen LogP contribution is -2.30. The third-order valence-corrected chi connectivity index (χ3v) is 6.38. The van der Waals surface area contributed by atoms with Gasteiger partial charge in [-0.2, -0.15) is 0 Å². The van der Waals surface area contributed by atoms with E-state index in [2.05, 4.69) is 39.9 Å². The van der Waals surface area contributed by atoms with E-state index in [4.69, 9.17) is 14.3 Å². The fourth-order valence-electron chi connectivity index (χ4n) is 4.53. The molecule has 2 unspecified atom stereocenters. The highest BCUT2D eigenvalue weighted by molar-refractivity contribution is 5.87. The molecule has 3 aromatic rings. The number of aromatic nitrogens is 1. The van der Waals surface area contributed by atoms with Crippen molar-refractivity contribution >= 4 is 18.0 Å².